The van der Waals surface area contributed by atoms with Crippen molar-refractivity contribution >= 4 is 5.91 Å². The van der Waals surface area contributed by atoms with Gasteiger partial charge < -0.3 is 15.5 Å². The number of nitrogens with zero attached hydrogens (tertiary/aromatic N) is 1. The third-order valence-corrected chi connectivity index (χ3v) is 4.77. The van der Waals surface area contributed by atoms with Gasteiger partial charge in [0.15, 0.2) is 0 Å². The number of oxazole rings is 1. The lowest BCUT2D eigenvalue weighted by molar-refractivity contribution is -0.127. The fourth-order valence-electron chi connectivity index (χ4n) is 3.62. The zero-order valence-electron chi connectivity index (χ0n) is 11.5. The fourth-order valence-corrected chi connectivity index (χ4v) is 3.62. The number of carbonyl (C=O) groups is 1. The number of aryl methyl sites for hydroxylation is 2. The Bertz CT molecular complexity index is 475. The van der Waals surface area contributed by atoms with Gasteiger partial charge in [-0.3, -0.25) is 4.79 Å². The molecule has 104 valence electrons. The van der Waals surface area contributed by atoms with Gasteiger partial charge in [0.1, 0.15) is 5.76 Å². The number of nitrogens with one attached hydrogen (secondary N) is 1. The summed E-state index contributed by atoms with van der Waals surface area (Å²) in [6.45, 7) is 4.13. The van der Waals surface area contributed by atoms with Crippen LogP contribution in [0.1, 0.15) is 36.6 Å². The molecule has 1 aromatic heterocycles. The number of hydrogen-bond acceptors (Lipinski definition) is 4. The molecule has 2 fully saturated rings. The first-order valence-corrected chi connectivity index (χ1v) is 7.02. The average molecular weight is 263 g/mol. The van der Waals surface area contributed by atoms with Gasteiger partial charge in [-0.2, -0.15) is 0 Å². The highest BCUT2D eigenvalue weighted by Gasteiger charge is 2.48. The molecule has 4 unspecified atom stereocenters. The van der Waals surface area contributed by atoms with Crippen molar-refractivity contribution in [1.82, 2.24) is 10.3 Å². The van der Waals surface area contributed by atoms with Gasteiger partial charge in [-0.05, 0) is 44.9 Å². The summed E-state index contributed by atoms with van der Waals surface area (Å²) in [4.78, 5) is 16.5. The zero-order valence-corrected chi connectivity index (χ0v) is 11.5. The van der Waals surface area contributed by atoms with Crippen LogP contribution in [0, 0.1) is 31.6 Å². The van der Waals surface area contributed by atoms with E-state index in [0.29, 0.717) is 24.3 Å². The van der Waals surface area contributed by atoms with Crippen LogP contribution in [-0.4, -0.2) is 16.9 Å². The molecule has 3 N–H and O–H groups in total. The van der Waals surface area contributed by atoms with E-state index >= 15 is 0 Å². The van der Waals surface area contributed by atoms with Crippen molar-refractivity contribution < 1.29 is 9.21 Å². The minimum absolute atomic E-state index is 0.0177. The van der Waals surface area contributed by atoms with Gasteiger partial charge in [-0.15, -0.1) is 0 Å². The molecular formula is C14H21N3O2. The molecule has 0 aromatic carbocycles. The quantitative estimate of drug-likeness (QED) is 0.860. The number of hydrogen-bond donors (Lipinski definition) is 2. The second-order valence-corrected chi connectivity index (χ2v) is 5.90. The van der Waals surface area contributed by atoms with Crippen LogP contribution in [0.15, 0.2) is 4.42 Å². The highest BCUT2D eigenvalue weighted by molar-refractivity contribution is 5.80. The summed E-state index contributed by atoms with van der Waals surface area (Å²) in [7, 11) is 0. The second kappa shape index (κ2) is 4.63. The van der Waals surface area contributed by atoms with E-state index in [4.69, 9.17) is 10.2 Å². The number of nitrogens with two attached hydrogens (primary N) is 1. The Kier molecular flexibility index (Phi) is 3.09. The number of amides is 1. The Morgan fingerprint density at radius 2 is 2.16 bits per heavy atom. The Balaban J connectivity index is 1.60. The summed E-state index contributed by atoms with van der Waals surface area (Å²) in [5.41, 5.74) is 7.04. The lowest BCUT2D eigenvalue weighted by atomic mass is 9.84. The molecule has 19 heavy (non-hydrogen) atoms. The first-order valence-electron chi connectivity index (χ1n) is 7.02. The molecule has 1 heterocycles. The summed E-state index contributed by atoms with van der Waals surface area (Å²) in [5, 5.41) is 2.92. The minimum atomic E-state index is -0.0177. The molecule has 3 rings (SSSR count). The first-order chi connectivity index (χ1) is 9.06. The number of carbonyl (C=O) groups excluding carboxylic acids is 1. The Morgan fingerprint density at radius 1 is 1.42 bits per heavy atom. The molecule has 0 saturated heterocycles. The van der Waals surface area contributed by atoms with E-state index in [9.17, 15) is 4.79 Å². The van der Waals surface area contributed by atoms with Gasteiger partial charge in [0, 0.05) is 6.04 Å². The average Bonchev–Trinajstić information content (AvgIpc) is 3.03. The molecule has 0 spiro atoms. The van der Waals surface area contributed by atoms with Crippen molar-refractivity contribution in [3.8, 4) is 0 Å². The molecule has 0 aliphatic heterocycles. The van der Waals surface area contributed by atoms with Crippen LogP contribution in [0.25, 0.3) is 0 Å². The molecule has 4 atom stereocenters. The monoisotopic (exact) mass is 263 g/mol. The molecule has 0 radical (unpaired) electrons. The summed E-state index contributed by atoms with van der Waals surface area (Å²) in [6, 6.07) is 0.0341. The molecule has 2 saturated carbocycles. The van der Waals surface area contributed by atoms with E-state index in [0.717, 1.165) is 24.3 Å². The maximum Gasteiger partial charge on any atom is 0.225 e. The lowest BCUT2D eigenvalue weighted by Crippen LogP contribution is -2.45. The van der Waals surface area contributed by atoms with E-state index in [2.05, 4.69) is 10.3 Å². The van der Waals surface area contributed by atoms with Gasteiger partial charge in [0.2, 0.25) is 11.8 Å². The Morgan fingerprint density at radius 3 is 2.74 bits per heavy atom. The van der Waals surface area contributed by atoms with Crippen molar-refractivity contribution in [1.29, 1.82) is 0 Å². The number of fused-ring (bicyclic) bond motifs is 2. The fraction of sp³-hybridized carbons (Fsp3) is 0.714. The van der Waals surface area contributed by atoms with Crippen LogP contribution in [0.2, 0.25) is 0 Å². The summed E-state index contributed by atoms with van der Waals surface area (Å²) in [6.07, 6.45) is 3.46. The largest absolute Gasteiger partial charge is 0.444 e. The van der Waals surface area contributed by atoms with Gasteiger partial charge in [0.25, 0.3) is 0 Å². The van der Waals surface area contributed by atoms with Gasteiger partial charge in [0.05, 0.1) is 18.2 Å². The summed E-state index contributed by atoms with van der Waals surface area (Å²) in [5.74, 6) is 2.45. The normalized spacial score (nSPS) is 32.8. The molecule has 1 amide bonds. The van der Waals surface area contributed by atoms with Crippen molar-refractivity contribution in [2.45, 2.75) is 45.7 Å². The molecular weight excluding hydrogens is 242 g/mol. The summed E-state index contributed by atoms with van der Waals surface area (Å²) >= 11 is 0. The maximum atomic E-state index is 12.3. The molecule has 1 aromatic rings. The van der Waals surface area contributed by atoms with Crippen molar-refractivity contribution in [2.75, 3.05) is 0 Å². The van der Waals surface area contributed by atoms with Crippen molar-refractivity contribution in [3.63, 3.8) is 0 Å². The van der Waals surface area contributed by atoms with Gasteiger partial charge in [-0.1, -0.05) is 0 Å². The third-order valence-electron chi connectivity index (χ3n) is 4.77. The smallest absolute Gasteiger partial charge is 0.225 e. The number of rotatable bonds is 3. The van der Waals surface area contributed by atoms with E-state index < -0.39 is 0 Å². The molecule has 2 bridgehead atoms. The predicted molar refractivity (Wildman–Crippen MR) is 70.1 cm³/mol. The Labute approximate surface area is 112 Å². The van der Waals surface area contributed by atoms with Crippen molar-refractivity contribution in [3.05, 3.63) is 17.3 Å². The standard InChI is InChI=1S/C14H21N3O2/c1-7-8(2)19-11(17-7)6-16-14(18)12-9-3-4-10(5-9)13(12)15/h9-10,12-13H,3-6,15H2,1-2H3,(H,16,18). The highest BCUT2D eigenvalue weighted by Crippen LogP contribution is 2.47. The Hall–Kier alpha value is -1.36. The third kappa shape index (κ3) is 2.16. The number of aromatic nitrogens is 1. The predicted octanol–water partition coefficient (Wildman–Crippen LogP) is 1.28. The highest BCUT2D eigenvalue weighted by atomic mass is 16.4. The molecule has 2 aliphatic rings. The van der Waals surface area contributed by atoms with E-state index in [1.165, 1.54) is 6.42 Å². The van der Waals surface area contributed by atoms with Crippen LogP contribution in [-0.2, 0) is 11.3 Å². The van der Waals surface area contributed by atoms with Crippen molar-refractivity contribution in [2.24, 2.45) is 23.5 Å². The van der Waals surface area contributed by atoms with Crippen LogP contribution in [0.3, 0.4) is 0 Å². The second-order valence-electron chi connectivity index (χ2n) is 5.90. The lowest BCUT2D eigenvalue weighted by Gasteiger charge is -2.26. The molecule has 5 heteroatoms. The van der Waals surface area contributed by atoms with Crippen LogP contribution in [0.4, 0.5) is 0 Å². The minimum Gasteiger partial charge on any atom is -0.444 e. The topological polar surface area (TPSA) is 81.2 Å². The molecule has 5 nitrogen and oxygen atoms in total. The summed E-state index contributed by atoms with van der Waals surface area (Å²) < 4.78 is 5.46. The zero-order chi connectivity index (χ0) is 13.6. The first kappa shape index (κ1) is 12.7. The SMILES string of the molecule is Cc1nc(CNC(=O)C2C3CCC(C3)C2N)oc1C. The van der Waals surface area contributed by atoms with E-state index in [1.807, 2.05) is 13.8 Å². The van der Waals surface area contributed by atoms with Crippen LogP contribution < -0.4 is 11.1 Å². The maximum absolute atomic E-state index is 12.3. The van der Waals surface area contributed by atoms with E-state index in [1.54, 1.807) is 0 Å². The van der Waals surface area contributed by atoms with Crippen LogP contribution in [0.5, 0.6) is 0 Å². The van der Waals surface area contributed by atoms with Crippen LogP contribution >= 0.6 is 0 Å². The molecule has 2 aliphatic carbocycles. The van der Waals surface area contributed by atoms with E-state index in [-0.39, 0.29) is 17.9 Å². The van der Waals surface area contributed by atoms with Gasteiger partial charge in [-0.25, -0.2) is 4.98 Å². The van der Waals surface area contributed by atoms with Gasteiger partial charge >= 0.3 is 0 Å².